The molecule has 3 aromatic rings. The van der Waals surface area contributed by atoms with Gasteiger partial charge < -0.3 is 15.4 Å². The van der Waals surface area contributed by atoms with Crippen molar-refractivity contribution >= 4 is 23.2 Å². The highest BCUT2D eigenvalue weighted by Gasteiger charge is 2.42. The van der Waals surface area contributed by atoms with E-state index in [0.717, 1.165) is 5.70 Å². The Labute approximate surface area is 200 Å². The van der Waals surface area contributed by atoms with Gasteiger partial charge >= 0.3 is 6.61 Å². The first kappa shape index (κ1) is 22.8. The van der Waals surface area contributed by atoms with Gasteiger partial charge in [-0.05, 0) is 41.7 Å². The van der Waals surface area contributed by atoms with Crippen molar-refractivity contribution in [1.29, 1.82) is 0 Å². The second kappa shape index (κ2) is 8.65. The molecule has 35 heavy (non-hydrogen) atoms. The van der Waals surface area contributed by atoms with Crippen LogP contribution in [-0.2, 0) is 4.79 Å². The second-order valence-corrected chi connectivity index (χ2v) is 9.48. The molecule has 0 saturated heterocycles. The molecule has 5 rings (SSSR count). The minimum atomic E-state index is -2.93. The van der Waals surface area contributed by atoms with Crippen molar-refractivity contribution in [2.45, 2.75) is 39.3 Å². The molecule has 0 saturated carbocycles. The SMILES string of the molecule is CC1(C)CC(=O)C2=C(C1)Nc1c(C(=O)Nc3ccccc3)cnn1[C@@H]2c1ccc(OC(F)F)cc1. The Hall–Kier alpha value is -4.01. The molecule has 1 aromatic heterocycles. The van der Waals surface area contributed by atoms with Crippen molar-refractivity contribution in [3.63, 3.8) is 0 Å². The molecule has 1 aliphatic carbocycles. The van der Waals surface area contributed by atoms with E-state index in [-0.39, 0.29) is 22.9 Å². The smallest absolute Gasteiger partial charge is 0.387 e. The Morgan fingerprint density at radius 3 is 2.54 bits per heavy atom. The van der Waals surface area contributed by atoms with Gasteiger partial charge in [0, 0.05) is 23.4 Å². The fourth-order valence-corrected chi connectivity index (χ4v) is 4.74. The van der Waals surface area contributed by atoms with E-state index in [9.17, 15) is 18.4 Å². The van der Waals surface area contributed by atoms with Crippen molar-refractivity contribution in [2.75, 3.05) is 10.6 Å². The number of halogens is 2. The van der Waals surface area contributed by atoms with Gasteiger partial charge in [0.1, 0.15) is 23.2 Å². The third kappa shape index (κ3) is 4.41. The molecule has 1 aliphatic heterocycles. The van der Waals surface area contributed by atoms with Crippen LogP contribution in [0.4, 0.5) is 20.3 Å². The predicted octanol–water partition coefficient (Wildman–Crippen LogP) is 5.39. The lowest BCUT2D eigenvalue weighted by molar-refractivity contribution is -0.118. The third-order valence-corrected chi connectivity index (χ3v) is 6.20. The van der Waals surface area contributed by atoms with Crippen LogP contribution in [0.1, 0.15) is 48.7 Å². The quantitative estimate of drug-likeness (QED) is 0.513. The Kier molecular flexibility index (Phi) is 5.62. The second-order valence-electron chi connectivity index (χ2n) is 9.48. The zero-order valence-electron chi connectivity index (χ0n) is 19.2. The highest BCUT2D eigenvalue weighted by molar-refractivity contribution is 6.08. The molecule has 7 nitrogen and oxygen atoms in total. The Balaban J connectivity index is 1.57. The van der Waals surface area contributed by atoms with Gasteiger partial charge in [-0.25, -0.2) is 4.68 Å². The summed E-state index contributed by atoms with van der Waals surface area (Å²) in [6, 6.07) is 14.6. The van der Waals surface area contributed by atoms with Gasteiger partial charge in [-0.3, -0.25) is 9.59 Å². The number of allylic oxidation sites excluding steroid dienone is 2. The number of amides is 1. The Morgan fingerprint density at radius 2 is 1.86 bits per heavy atom. The molecular weight excluding hydrogens is 454 g/mol. The molecule has 2 aliphatic rings. The number of para-hydroxylation sites is 1. The molecule has 2 aromatic carbocycles. The lowest BCUT2D eigenvalue weighted by Crippen LogP contribution is -2.37. The van der Waals surface area contributed by atoms with E-state index < -0.39 is 12.7 Å². The van der Waals surface area contributed by atoms with Crippen LogP contribution in [0.3, 0.4) is 0 Å². The van der Waals surface area contributed by atoms with Crippen molar-refractivity contribution in [1.82, 2.24) is 9.78 Å². The number of carbonyl (C=O) groups is 2. The number of rotatable bonds is 5. The van der Waals surface area contributed by atoms with E-state index in [1.807, 2.05) is 32.0 Å². The number of benzene rings is 2. The highest BCUT2D eigenvalue weighted by atomic mass is 19.3. The van der Waals surface area contributed by atoms with E-state index >= 15 is 0 Å². The van der Waals surface area contributed by atoms with Gasteiger partial charge in [-0.2, -0.15) is 13.9 Å². The van der Waals surface area contributed by atoms with Crippen molar-refractivity contribution < 1.29 is 23.1 Å². The summed E-state index contributed by atoms with van der Waals surface area (Å²) < 4.78 is 31.3. The largest absolute Gasteiger partial charge is 0.435 e. The van der Waals surface area contributed by atoms with E-state index in [0.29, 0.717) is 41.0 Å². The molecule has 1 amide bonds. The number of alkyl halides is 2. The molecule has 0 radical (unpaired) electrons. The minimum Gasteiger partial charge on any atom is -0.435 e. The van der Waals surface area contributed by atoms with Gasteiger partial charge in [0.15, 0.2) is 5.78 Å². The van der Waals surface area contributed by atoms with Crippen LogP contribution < -0.4 is 15.4 Å². The van der Waals surface area contributed by atoms with Crippen LogP contribution in [0.25, 0.3) is 0 Å². The number of hydrogen-bond acceptors (Lipinski definition) is 5. The molecule has 0 fully saturated rings. The average molecular weight is 478 g/mol. The number of ketones is 1. The summed E-state index contributed by atoms with van der Waals surface area (Å²) >= 11 is 0. The number of fused-ring (bicyclic) bond motifs is 1. The molecule has 1 atom stereocenters. The van der Waals surface area contributed by atoms with E-state index in [1.54, 1.807) is 28.9 Å². The average Bonchev–Trinajstić information content (AvgIpc) is 3.21. The standard InChI is InChI=1S/C26H24F2N4O3/c1-26(2)12-19-21(20(33)13-26)22(15-8-10-17(11-9-15)35-25(27)28)32-23(31-19)18(14-29-32)24(34)30-16-6-4-3-5-7-16/h3-11,14,22,25,31H,12-13H2,1-2H3,(H,30,34)/t22-/m1/s1. The van der Waals surface area contributed by atoms with Gasteiger partial charge in [-0.15, -0.1) is 0 Å². The van der Waals surface area contributed by atoms with Crippen LogP contribution in [0, 0.1) is 5.41 Å². The molecule has 0 spiro atoms. The maximum absolute atomic E-state index is 13.3. The fraction of sp³-hybridized carbons (Fsp3) is 0.269. The number of Topliss-reactive ketones (excluding diaryl/α,β-unsaturated/α-hetero) is 1. The van der Waals surface area contributed by atoms with Gasteiger partial charge in [0.05, 0.1) is 6.20 Å². The van der Waals surface area contributed by atoms with Crippen molar-refractivity contribution in [3.8, 4) is 5.75 Å². The lowest BCUT2D eigenvalue weighted by atomic mass is 9.73. The normalized spacial score (nSPS) is 18.5. The number of nitrogens with zero attached hydrogens (tertiary/aromatic N) is 2. The molecule has 9 heteroatoms. The summed E-state index contributed by atoms with van der Waals surface area (Å²) in [7, 11) is 0. The predicted molar refractivity (Wildman–Crippen MR) is 127 cm³/mol. The molecule has 0 bridgehead atoms. The van der Waals surface area contributed by atoms with Crippen LogP contribution in [-0.4, -0.2) is 28.1 Å². The van der Waals surface area contributed by atoms with Crippen LogP contribution in [0.2, 0.25) is 0 Å². The monoisotopic (exact) mass is 478 g/mol. The Morgan fingerprint density at radius 1 is 1.14 bits per heavy atom. The van der Waals surface area contributed by atoms with E-state index in [4.69, 9.17) is 0 Å². The van der Waals surface area contributed by atoms with Gasteiger partial charge in [0.25, 0.3) is 5.91 Å². The van der Waals surface area contributed by atoms with Gasteiger partial charge in [0.2, 0.25) is 0 Å². The first-order chi connectivity index (χ1) is 16.7. The summed E-state index contributed by atoms with van der Waals surface area (Å²) in [6.45, 7) is 1.12. The molecule has 2 heterocycles. The summed E-state index contributed by atoms with van der Waals surface area (Å²) in [4.78, 5) is 26.4. The topological polar surface area (TPSA) is 85.3 Å². The zero-order chi connectivity index (χ0) is 24.7. The molecule has 180 valence electrons. The van der Waals surface area contributed by atoms with Crippen LogP contribution in [0.5, 0.6) is 5.75 Å². The maximum atomic E-state index is 13.3. The molecule has 0 unspecified atom stereocenters. The van der Waals surface area contributed by atoms with E-state index in [1.165, 1.54) is 18.3 Å². The minimum absolute atomic E-state index is 0.0157. The zero-order valence-corrected chi connectivity index (χ0v) is 19.2. The highest BCUT2D eigenvalue weighted by Crippen LogP contribution is 2.46. The van der Waals surface area contributed by atoms with Gasteiger partial charge in [-0.1, -0.05) is 44.2 Å². The number of aromatic nitrogens is 2. The first-order valence-corrected chi connectivity index (χ1v) is 11.2. The number of carbonyl (C=O) groups excluding carboxylic acids is 2. The lowest BCUT2D eigenvalue weighted by Gasteiger charge is -2.39. The summed E-state index contributed by atoms with van der Waals surface area (Å²) in [5.74, 6) is 0.139. The third-order valence-electron chi connectivity index (χ3n) is 6.20. The molecule has 2 N–H and O–H groups in total. The number of ether oxygens (including phenoxy) is 1. The maximum Gasteiger partial charge on any atom is 0.387 e. The van der Waals surface area contributed by atoms with E-state index in [2.05, 4.69) is 20.5 Å². The number of anilines is 2. The van der Waals surface area contributed by atoms with Crippen LogP contribution >= 0.6 is 0 Å². The number of nitrogens with one attached hydrogen (secondary N) is 2. The summed E-state index contributed by atoms with van der Waals surface area (Å²) in [6.07, 6.45) is 2.45. The first-order valence-electron chi connectivity index (χ1n) is 11.2. The molecular formula is C26H24F2N4O3. The Bertz CT molecular complexity index is 1310. The summed E-state index contributed by atoms with van der Waals surface area (Å²) in [5, 5.41) is 10.6. The fourth-order valence-electron chi connectivity index (χ4n) is 4.74. The van der Waals surface area contributed by atoms with Crippen LogP contribution in [0.15, 0.2) is 72.1 Å². The van der Waals surface area contributed by atoms with Crippen molar-refractivity contribution in [3.05, 3.63) is 83.2 Å². The van der Waals surface area contributed by atoms with Crippen molar-refractivity contribution in [2.24, 2.45) is 5.41 Å². The number of hydrogen-bond donors (Lipinski definition) is 2. The summed E-state index contributed by atoms with van der Waals surface area (Å²) in [5.41, 5.74) is 2.71.